The topological polar surface area (TPSA) is 41.6 Å². The van der Waals surface area contributed by atoms with Gasteiger partial charge in [0.1, 0.15) is 10.7 Å². The molecule has 17 heavy (non-hydrogen) atoms. The molecule has 1 amide bonds. The van der Waals surface area contributed by atoms with Crippen LogP contribution in [-0.2, 0) is 4.84 Å². The first-order valence-corrected chi connectivity index (χ1v) is 5.98. The van der Waals surface area contributed by atoms with Gasteiger partial charge in [0.05, 0.1) is 0 Å². The van der Waals surface area contributed by atoms with Crippen LogP contribution in [0.4, 0.5) is 0 Å². The third kappa shape index (κ3) is 2.68. The van der Waals surface area contributed by atoms with Crippen LogP contribution in [0.3, 0.4) is 0 Å². The summed E-state index contributed by atoms with van der Waals surface area (Å²) in [6, 6.07) is 7.40. The number of nitrogens with zero attached hydrogens (tertiary/aromatic N) is 1. The van der Waals surface area contributed by atoms with Crippen LogP contribution in [-0.4, -0.2) is 24.9 Å². The zero-order valence-electron chi connectivity index (χ0n) is 9.61. The maximum atomic E-state index is 11.7. The highest BCUT2D eigenvalue weighted by Gasteiger charge is 2.17. The Bertz CT molecular complexity index is 454. The molecule has 4 nitrogen and oxygen atoms in total. The van der Waals surface area contributed by atoms with Crippen molar-refractivity contribution in [2.75, 3.05) is 14.1 Å². The number of hydrogen-bond acceptors (Lipinski definition) is 3. The number of carbonyl (C=O) groups is 1. The van der Waals surface area contributed by atoms with Crippen LogP contribution in [0.25, 0.3) is 0 Å². The number of benzene rings is 1. The highest BCUT2D eigenvalue weighted by molar-refractivity contribution is 9.11. The lowest BCUT2D eigenvalue weighted by Gasteiger charge is -2.11. The highest BCUT2D eigenvalue weighted by Crippen LogP contribution is 2.26. The van der Waals surface area contributed by atoms with Crippen molar-refractivity contribution >= 4 is 21.8 Å². The zero-order chi connectivity index (χ0) is 12.4. The van der Waals surface area contributed by atoms with E-state index < -0.39 is 0 Å². The summed E-state index contributed by atoms with van der Waals surface area (Å²) in [5.41, 5.74) is 4.40. The van der Waals surface area contributed by atoms with Crippen LogP contribution in [0.5, 0.6) is 0 Å². The van der Waals surface area contributed by atoms with E-state index in [-0.39, 0.29) is 12.0 Å². The lowest BCUT2D eigenvalue weighted by molar-refractivity contribution is 0.0457. The summed E-state index contributed by atoms with van der Waals surface area (Å²) >= 11 is 3.30. The number of hydrogen-bond donors (Lipinski definition) is 1. The minimum absolute atomic E-state index is 0.00117. The van der Waals surface area contributed by atoms with Crippen LogP contribution in [0.2, 0.25) is 0 Å². The van der Waals surface area contributed by atoms with Crippen LogP contribution in [0, 0.1) is 0 Å². The summed E-state index contributed by atoms with van der Waals surface area (Å²) in [6.45, 7) is 0. The summed E-state index contributed by atoms with van der Waals surface area (Å²) in [4.78, 5) is 18.6. The van der Waals surface area contributed by atoms with Crippen LogP contribution < -0.4 is 5.48 Å². The van der Waals surface area contributed by atoms with E-state index in [0.717, 1.165) is 10.2 Å². The molecule has 0 saturated heterocycles. The van der Waals surface area contributed by atoms with Gasteiger partial charge in [-0.3, -0.25) is 15.1 Å². The monoisotopic (exact) mass is 296 g/mol. The molecule has 1 heterocycles. The molecule has 0 fully saturated rings. The average molecular weight is 297 g/mol. The molecule has 0 aromatic heterocycles. The smallest absolute Gasteiger partial charge is 0.253 e. The zero-order valence-corrected chi connectivity index (χ0v) is 11.2. The number of rotatable bonds is 2. The van der Waals surface area contributed by atoms with E-state index in [1.54, 1.807) is 31.1 Å². The second kappa shape index (κ2) is 4.89. The Kier molecular flexibility index (Phi) is 3.49. The SMILES string of the molecule is CN(C)C(=O)c1ccc([C@@H]2C=C(Br)NO2)cc1. The molecule has 0 aliphatic carbocycles. The molecule has 1 N–H and O–H groups in total. The number of nitrogens with one attached hydrogen (secondary N) is 1. The molecular weight excluding hydrogens is 284 g/mol. The van der Waals surface area contributed by atoms with Crippen LogP contribution in [0.15, 0.2) is 34.9 Å². The van der Waals surface area contributed by atoms with Crippen molar-refractivity contribution in [3.05, 3.63) is 46.1 Å². The third-order valence-corrected chi connectivity index (χ3v) is 2.90. The number of amides is 1. The molecule has 2 rings (SSSR count). The summed E-state index contributed by atoms with van der Waals surface area (Å²) in [5, 5.41) is 0. The van der Waals surface area contributed by atoms with Gasteiger partial charge in [-0.1, -0.05) is 12.1 Å². The average Bonchev–Trinajstić information content (AvgIpc) is 2.75. The van der Waals surface area contributed by atoms with Gasteiger partial charge >= 0.3 is 0 Å². The Balaban J connectivity index is 2.16. The van der Waals surface area contributed by atoms with Crippen molar-refractivity contribution < 1.29 is 9.63 Å². The van der Waals surface area contributed by atoms with Gasteiger partial charge in [0, 0.05) is 19.7 Å². The summed E-state index contributed by atoms with van der Waals surface area (Å²) in [7, 11) is 3.47. The molecule has 90 valence electrons. The van der Waals surface area contributed by atoms with Gasteiger partial charge in [0.25, 0.3) is 5.91 Å². The van der Waals surface area contributed by atoms with E-state index in [1.165, 1.54) is 0 Å². The molecule has 0 radical (unpaired) electrons. The Morgan fingerprint density at radius 3 is 2.47 bits per heavy atom. The van der Waals surface area contributed by atoms with E-state index in [4.69, 9.17) is 4.84 Å². The van der Waals surface area contributed by atoms with Crippen molar-refractivity contribution in [3.8, 4) is 0 Å². The second-order valence-corrected chi connectivity index (χ2v) is 4.83. The summed E-state index contributed by atoms with van der Waals surface area (Å²) in [5.74, 6) is -0.00117. The molecule has 0 saturated carbocycles. The van der Waals surface area contributed by atoms with Gasteiger partial charge in [-0.25, -0.2) is 0 Å². The molecule has 1 aliphatic heterocycles. The van der Waals surface area contributed by atoms with E-state index in [2.05, 4.69) is 21.4 Å². The van der Waals surface area contributed by atoms with Gasteiger partial charge < -0.3 is 4.90 Å². The van der Waals surface area contributed by atoms with Crippen molar-refractivity contribution in [1.82, 2.24) is 10.4 Å². The first kappa shape index (κ1) is 12.1. The summed E-state index contributed by atoms with van der Waals surface area (Å²) in [6.07, 6.45) is 1.80. The Morgan fingerprint density at radius 2 is 2.00 bits per heavy atom. The van der Waals surface area contributed by atoms with Crippen LogP contribution >= 0.6 is 15.9 Å². The first-order valence-electron chi connectivity index (χ1n) is 5.18. The Labute approximate surface area is 108 Å². The highest BCUT2D eigenvalue weighted by atomic mass is 79.9. The van der Waals surface area contributed by atoms with E-state index in [0.29, 0.717) is 5.56 Å². The molecule has 1 aromatic rings. The lowest BCUT2D eigenvalue weighted by atomic mass is 10.1. The van der Waals surface area contributed by atoms with Gasteiger partial charge in [0.2, 0.25) is 0 Å². The fourth-order valence-electron chi connectivity index (χ4n) is 1.56. The first-order chi connectivity index (χ1) is 8.08. The molecular formula is C12H13BrN2O2. The molecule has 0 spiro atoms. The normalized spacial score (nSPS) is 18.5. The summed E-state index contributed by atoms with van der Waals surface area (Å²) < 4.78 is 0.816. The third-order valence-electron chi connectivity index (χ3n) is 2.47. The minimum atomic E-state index is -0.118. The lowest BCUT2D eigenvalue weighted by Crippen LogP contribution is -2.21. The van der Waals surface area contributed by atoms with E-state index in [1.807, 2.05) is 18.2 Å². The van der Waals surface area contributed by atoms with Gasteiger partial charge in [0.15, 0.2) is 0 Å². The number of carbonyl (C=O) groups excluding carboxylic acids is 1. The van der Waals surface area contributed by atoms with Gasteiger partial charge in [-0.15, -0.1) is 0 Å². The quantitative estimate of drug-likeness (QED) is 0.851. The Hall–Kier alpha value is -1.33. The Morgan fingerprint density at radius 1 is 1.35 bits per heavy atom. The minimum Gasteiger partial charge on any atom is -0.345 e. The van der Waals surface area contributed by atoms with Crippen LogP contribution in [0.1, 0.15) is 22.0 Å². The van der Waals surface area contributed by atoms with Gasteiger partial charge in [-0.05, 0) is 39.7 Å². The standard InChI is InChI=1S/C12H13BrN2O2/c1-15(2)12(16)9-5-3-8(4-6-9)10-7-11(13)14-17-10/h3-7,10,14H,1-2H3/t10-/m0/s1. The number of halogens is 1. The molecule has 1 atom stereocenters. The van der Waals surface area contributed by atoms with Crippen molar-refractivity contribution in [2.24, 2.45) is 0 Å². The molecule has 0 unspecified atom stereocenters. The predicted molar refractivity (Wildman–Crippen MR) is 68.4 cm³/mol. The molecule has 5 heteroatoms. The van der Waals surface area contributed by atoms with Crippen molar-refractivity contribution in [3.63, 3.8) is 0 Å². The maximum absolute atomic E-state index is 11.7. The predicted octanol–water partition coefficient (Wildman–Crippen LogP) is 2.20. The fourth-order valence-corrected chi connectivity index (χ4v) is 1.89. The molecule has 1 aliphatic rings. The van der Waals surface area contributed by atoms with Crippen molar-refractivity contribution in [1.29, 1.82) is 0 Å². The van der Waals surface area contributed by atoms with Gasteiger partial charge in [-0.2, -0.15) is 0 Å². The maximum Gasteiger partial charge on any atom is 0.253 e. The number of hydroxylamine groups is 1. The van der Waals surface area contributed by atoms with E-state index >= 15 is 0 Å². The van der Waals surface area contributed by atoms with Crippen molar-refractivity contribution in [2.45, 2.75) is 6.10 Å². The second-order valence-electron chi connectivity index (χ2n) is 3.98. The fraction of sp³-hybridized carbons (Fsp3) is 0.250. The largest absolute Gasteiger partial charge is 0.345 e. The molecule has 0 bridgehead atoms. The molecule has 1 aromatic carbocycles. The van der Waals surface area contributed by atoms with E-state index in [9.17, 15) is 4.79 Å².